The van der Waals surface area contributed by atoms with Gasteiger partial charge in [0.15, 0.2) is 0 Å². The monoisotopic (exact) mass is 170 g/mol. The second-order valence-electron chi connectivity index (χ2n) is 3.36. The molecule has 1 saturated heterocycles. The Labute approximate surface area is 74.2 Å². The number of ether oxygens (including phenoxy) is 1. The second-order valence-corrected chi connectivity index (χ2v) is 3.36. The van der Waals surface area contributed by atoms with Gasteiger partial charge in [-0.2, -0.15) is 0 Å². The smallest absolute Gasteiger partial charge is 0.0856 e. The van der Waals surface area contributed by atoms with E-state index in [1.165, 1.54) is 0 Å². The Hall–Kier alpha value is -0.380. The van der Waals surface area contributed by atoms with Crippen molar-refractivity contribution >= 4 is 0 Å². The average Bonchev–Trinajstić information content (AvgIpc) is 2.05. The number of rotatable bonds is 3. The first-order valence-electron chi connectivity index (χ1n) is 4.40. The number of nitrogens with two attached hydrogens (primary N) is 1. The zero-order valence-corrected chi connectivity index (χ0v) is 7.70. The van der Waals surface area contributed by atoms with Crippen molar-refractivity contribution in [1.82, 2.24) is 4.90 Å². The Morgan fingerprint density at radius 3 is 3.17 bits per heavy atom. The van der Waals surface area contributed by atoms with Gasteiger partial charge in [-0.3, -0.25) is 0 Å². The Kier molecular flexibility index (Phi) is 3.72. The van der Waals surface area contributed by atoms with E-state index >= 15 is 0 Å². The summed E-state index contributed by atoms with van der Waals surface area (Å²) in [7, 11) is 2.09. The predicted octanol–water partition coefficient (Wildman–Crippen LogP) is 0.220. The van der Waals surface area contributed by atoms with Crippen LogP contribution < -0.4 is 5.73 Å². The number of nitrogens with zero attached hydrogens (tertiary/aromatic N) is 1. The van der Waals surface area contributed by atoms with E-state index in [1.807, 2.05) is 6.08 Å². The summed E-state index contributed by atoms with van der Waals surface area (Å²) < 4.78 is 5.55. The number of morpholine rings is 1. The van der Waals surface area contributed by atoms with Gasteiger partial charge >= 0.3 is 0 Å². The maximum Gasteiger partial charge on any atom is 0.0856 e. The van der Waals surface area contributed by atoms with Crippen molar-refractivity contribution in [2.75, 3.05) is 26.7 Å². The van der Waals surface area contributed by atoms with Gasteiger partial charge in [0.1, 0.15) is 0 Å². The number of hydrogen-bond acceptors (Lipinski definition) is 3. The van der Waals surface area contributed by atoms with Crippen LogP contribution >= 0.6 is 0 Å². The largest absolute Gasteiger partial charge is 0.374 e. The maximum atomic E-state index is 5.90. The molecule has 0 aromatic rings. The predicted molar refractivity (Wildman–Crippen MR) is 50.0 cm³/mol. The van der Waals surface area contributed by atoms with Crippen LogP contribution in [0, 0.1) is 0 Å². The van der Waals surface area contributed by atoms with Crippen LogP contribution in [0.5, 0.6) is 0 Å². The number of likely N-dealkylation sites (N-methyl/N-ethyl adjacent to an activating group) is 1. The summed E-state index contributed by atoms with van der Waals surface area (Å²) >= 11 is 0. The molecule has 1 aliphatic heterocycles. The first kappa shape index (κ1) is 9.71. The van der Waals surface area contributed by atoms with Gasteiger partial charge in [0.25, 0.3) is 0 Å². The van der Waals surface area contributed by atoms with Crippen molar-refractivity contribution in [2.24, 2.45) is 5.73 Å². The molecular formula is C9H18N2O. The first-order valence-corrected chi connectivity index (χ1v) is 4.40. The Morgan fingerprint density at radius 1 is 1.83 bits per heavy atom. The van der Waals surface area contributed by atoms with Gasteiger partial charge in [-0.25, -0.2) is 0 Å². The van der Waals surface area contributed by atoms with Crippen LogP contribution in [0.3, 0.4) is 0 Å². The van der Waals surface area contributed by atoms with Crippen LogP contribution in [0.25, 0.3) is 0 Å². The molecule has 0 spiro atoms. The molecule has 0 saturated carbocycles. The normalized spacial score (nSPS) is 28.3. The molecule has 0 amide bonds. The molecule has 2 unspecified atom stereocenters. The highest BCUT2D eigenvalue weighted by molar-refractivity contribution is 4.84. The van der Waals surface area contributed by atoms with E-state index in [4.69, 9.17) is 10.5 Å². The fourth-order valence-corrected chi connectivity index (χ4v) is 1.41. The van der Waals surface area contributed by atoms with Crippen molar-refractivity contribution in [1.29, 1.82) is 0 Å². The summed E-state index contributed by atoms with van der Waals surface area (Å²) in [5.74, 6) is 0. The lowest BCUT2D eigenvalue weighted by Crippen LogP contribution is -2.49. The van der Waals surface area contributed by atoms with Gasteiger partial charge in [0, 0.05) is 19.1 Å². The fourth-order valence-electron chi connectivity index (χ4n) is 1.41. The molecule has 70 valence electrons. The van der Waals surface area contributed by atoms with Gasteiger partial charge in [0.2, 0.25) is 0 Å². The van der Waals surface area contributed by atoms with Gasteiger partial charge in [0.05, 0.1) is 12.7 Å². The van der Waals surface area contributed by atoms with Crippen LogP contribution in [0.1, 0.15) is 6.42 Å². The van der Waals surface area contributed by atoms with Crippen LogP contribution in [0.4, 0.5) is 0 Å². The van der Waals surface area contributed by atoms with Crippen LogP contribution in [-0.2, 0) is 4.74 Å². The molecule has 3 heteroatoms. The molecule has 12 heavy (non-hydrogen) atoms. The Balaban J connectivity index is 2.34. The summed E-state index contributed by atoms with van der Waals surface area (Å²) in [6, 6.07) is 0.102. The Bertz CT molecular complexity index is 149. The van der Waals surface area contributed by atoms with Gasteiger partial charge in [-0.15, -0.1) is 6.58 Å². The summed E-state index contributed by atoms with van der Waals surface area (Å²) in [5, 5.41) is 0. The Morgan fingerprint density at radius 2 is 2.58 bits per heavy atom. The number of hydrogen-bond donors (Lipinski definition) is 1. The summed E-state index contributed by atoms with van der Waals surface area (Å²) in [6.45, 7) is 6.41. The summed E-state index contributed by atoms with van der Waals surface area (Å²) in [6.07, 6.45) is 2.86. The lowest BCUT2D eigenvalue weighted by molar-refractivity contribution is -0.0315. The molecule has 3 nitrogen and oxygen atoms in total. The summed E-state index contributed by atoms with van der Waals surface area (Å²) in [4.78, 5) is 2.25. The maximum absolute atomic E-state index is 5.90. The van der Waals surface area contributed by atoms with Crippen LogP contribution in [-0.4, -0.2) is 43.8 Å². The molecule has 0 radical (unpaired) electrons. The fraction of sp³-hybridized carbons (Fsp3) is 0.778. The topological polar surface area (TPSA) is 38.5 Å². The minimum atomic E-state index is 0.102. The molecule has 2 atom stereocenters. The van der Waals surface area contributed by atoms with E-state index in [9.17, 15) is 0 Å². The van der Waals surface area contributed by atoms with Crippen LogP contribution in [0.15, 0.2) is 12.7 Å². The van der Waals surface area contributed by atoms with Gasteiger partial charge < -0.3 is 15.4 Å². The molecule has 1 fully saturated rings. The lowest BCUT2D eigenvalue weighted by atomic mass is 10.1. The quantitative estimate of drug-likeness (QED) is 0.616. The standard InChI is InChI=1S/C9H18N2O/c1-3-4-8(10)9-7-11(2)5-6-12-9/h3,8-9H,1,4-7,10H2,2H3. The minimum Gasteiger partial charge on any atom is -0.374 e. The van der Waals surface area contributed by atoms with Crippen molar-refractivity contribution in [2.45, 2.75) is 18.6 Å². The molecule has 1 heterocycles. The van der Waals surface area contributed by atoms with Crippen molar-refractivity contribution in [3.8, 4) is 0 Å². The third-order valence-electron chi connectivity index (χ3n) is 2.21. The van der Waals surface area contributed by atoms with Crippen LogP contribution in [0.2, 0.25) is 0 Å². The third-order valence-corrected chi connectivity index (χ3v) is 2.21. The molecule has 2 N–H and O–H groups in total. The van der Waals surface area contributed by atoms with E-state index in [0.29, 0.717) is 0 Å². The van der Waals surface area contributed by atoms with Gasteiger partial charge in [-0.1, -0.05) is 6.08 Å². The highest BCUT2D eigenvalue weighted by Crippen LogP contribution is 2.08. The molecule has 0 aliphatic carbocycles. The molecule has 0 bridgehead atoms. The molecule has 0 aromatic carbocycles. The van der Waals surface area contributed by atoms with Crippen molar-refractivity contribution in [3.05, 3.63) is 12.7 Å². The zero-order chi connectivity index (χ0) is 8.97. The molecule has 1 rings (SSSR count). The van der Waals surface area contributed by atoms with E-state index < -0.39 is 0 Å². The second kappa shape index (κ2) is 4.60. The minimum absolute atomic E-state index is 0.102. The molecule has 1 aliphatic rings. The highest BCUT2D eigenvalue weighted by Gasteiger charge is 2.22. The van der Waals surface area contributed by atoms with E-state index in [-0.39, 0.29) is 12.1 Å². The van der Waals surface area contributed by atoms with Crippen molar-refractivity contribution < 1.29 is 4.74 Å². The van der Waals surface area contributed by atoms with E-state index in [1.54, 1.807) is 0 Å². The molecule has 0 aromatic heterocycles. The highest BCUT2D eigenvalue weighted by atomic mass is 16.5. The SMILES string of the molecule is C=CCC(N)C1CN(C)CCO1. The lowest BCUT2D eigenvalue weighted by Gasteiger charge is -2.33. The van der Waals surface area contributed by atoms with E-state index in [0.717, 1.165) is 26.1 Å². The first-order chi connectivity index (χ1) is 5.74. The summed E-state index contributed by atoms with van der Waals surface area (Å²) in [5.41, 5.74) is 5.90. The van der Waals surface area contributed by atoms with Gasteiger partial charge in [-0.05, 0) is 13.5 Å². The third kappa shape index (κ3) is 2.59. The zero-order valence-electron chi connectivity index (χ0n) is 7.70. The molecular weight excluding hydrogens is 152 g/mol. The van der Waals surface area contributed by atoms with Crippen molar-refractivity contribution in [3.63, 3.8) is 0 Å². The average molecular weight is 170 g/mol. The van der Waals surface area contributed by atoms with E-state index in [2.05, 4.69) is 18.5 Å².